The van der Waals surface area contributed by atoms with E-state index in [1.165, 1.54) is 5.01 Å². The molecular formula is C25H24N4O2. The minimum atomic E-state index is -0.349. The van der Waals surface area contributed by atoms with E-state index in [4.69, 9.17) is 0 Å². The summed E-state index contributed by atoms with van der Waals surface area (Å²) in [6.45, 7) is 0.350. The van der Waals surface area contributed by atoms with Gasteiger partial charge in [0.2, 0.25) is 5.91 Å². The molecule has 2 amide bonds. The van der Waals surface area contributed by atoms with Gasteiger partial charge in [-0.05, 0) is 23.3 Å². The standard InChI is InChI=1S/C25H24N4O2/c1-28(24(20-12-6-3-7-13-20)21-14-8-9-17-26-21)25(31)22-15-16-23(30)29(27-22)18-19-10-4-2-5-11-19/h2-14,17,24H,15-16,18H2,1H3. The van der Waals surface area contributed by atoms with Gasteiger partial charge in [0.1, 0.15) is 5.71 Å². The Bertz CT molecular complexity index is 1030. The quantitative estimate of drug-likeness (QED) is 0.618. The number of carbonyl (C=O) groups is 2. The van der Waals surface area contributed by atoms with E-state index < -0.39 is 0 Å². The molecule has 1 aliphatic heterocycles. The number of pyridine rings is 1. The summed E-state index contributed by atoms with van der Waals surface area (Å²) in [5, 5.41) is 5.84. The third-order valence-corrected chi connectivity index (χ3v) is 5.32. The van der Waals surface area contributed by atoms with E-state index in [1.807, 2.05) is 78.9 Å². The van der Waals surface area contributed by atoms with E-state index in [1.54, 1.807) is 18.1 Å². The van der Waals surface area contributed by atoms with Crippen LogP contribution < -0.4 is 0 Å². The number of hydrogen-bond donors (Lipinski definition) is 0. The lowest BCUT2D eigenvalue weighted by Gasteiger charge is -2.30. The SMILES string of the molecule is CN(C(=O)C1=NN(Cc2ccccc2)C(=O)CC1)C(c1ccccc1)c1ccccn1. The van der Waals surface area contributed by atoms with Gasteiger partial charge >= 0.3 is 0 Å². The second kappa shape index (κ2) is 9.34. The van der Waals surface area contributed by atoms with Crippen molar-refractivity contribution in [2.24, 2.45) is 5.10 Å². The summed E-state index contributed by atoms with van der Waals surface area (Å²) in [4.78, 5) is 32.0. The number of benzene rings is 2. The average molecular weight is 412 g/mol. The van der Waals surface area contributed by atoms with Crippen LogP contribution in [0.3, 0.4) is 0 Å². The van der Waals surface area contributed by atoms with Crippen molar-refractivity contribution in [3.63, 3.8) is 0 Å². The van der Waals surface area contributed by atoms with Gasteiger partial charge in [-0.25, -0.2) is 5.01 Å². The fourth-order valence-corrected chi connectivity index (χ4v) is 3.72. The molecule has 3 aromatic rings. The van der Waals surface area contributed by atoms with Gasteiger partial charge in [0.15, 0.2) is 0 Å². The largest absolute Gasteiger partial charge is 0.328 e. The predicted octanol–water partition coefficient (Wildman–Crippen LogP) is 3.81. The number of rotatable bonds is 6. The van der Waals surface area contributed by atoms with E-state index in [9.17, 15) is 9.59 Å². The molecule has 156 valence electrons. The van der Waals surface area contributed by atoms with Crippen LogP contribution in [0.15, 0.2) is 90.2 Å². The topological polar surface area (TPSA) is 65.9 Å². The van der Waals surface area contributed by atoms with Gasteiger partial charge in [0.05, 0.1) is 18.3 Å². The van der Waals surface area contributed by atoms with Gasteiger partial charge in [0.25, 0.3) is 5.91 Å². The van der Waals surface area contributed by atoms with Crippen LogP contribution in [0.4, 0.5) is 0 Å². The molecule has 1 unspecified atom stereocenters. The van der Waals surface area contributed by atoms with E-state index >= 15 is 0 Å². The van der Waals surface area contributed by atoms with Gasteiger partial charge in [-0.3, -0.25) is 14.6 Å². The Labute approximate surface area is 181 Å². The normalized spacial score (nSPS) is 14.7. The van der Waals surface area contributed by atoms with Crippen LogP contribution in [0.1, 0.15) is 35.7 Å². The number of amides is 2. The molecular weight excluding hydrogens is 388 g/mol. The van der Waals surface area contributed by atoms with Gasteiger partial charge in [-0.15, -0.1) is 0 Å². The lowest BCUT2D eigenvalue weighted by Crippen LogP contribution is -2.41. The van der Waals surface area contributed by atoms with E-state index in [0.717, 1.165) is 16.8 Å². The summed E-state index contributed by atoms with van der Waals surface area (Å²) in [6, 6.07) is 24.8. The minimum absolute atomic E-state index is 0.0765. The Morgan fingerprint density at radius 2 is 1.65 bits per heavy atom. The highest BCUT2D eigenvalue weighted by atomic mass is 16.2. The summed E-state index contributed by atoms with van der Waals surface area (Å²) < 4.78 is 0. The Balaban J connectivity index is 1.61. The first-order valence-electron chi connectivity index (χ1n) is 10.3. The Hall–Kier alpha value is -3.80. The van der Waals surface area contributed by atoms with Crippen LogP contribution in [0.5, 0.6) is 0 Å². The second-order valence-electron chi connectivity index (χ2n) is 7.47. The highest BCUT2D eigenvalue weighted by Crippen LogP contribution is 2.27. The number of aromatic nitrogens is 1. The third kappa shape index (κ3) is 4.69. The van der Waals surface area contributed by atoms with Crippen LogP contribution in [0.2, 0.25) is 0 Å². The van der Waals surface area contributed by atoms with E-state index in [-0.39, 0.29) is 24.3 Å². The fourth-order valence-electron chi connectivity index (χ4n) is 3.72. The van der Waals surface area contributed by atoms with Crippen molar-refractivity contribution >= 4 is 17.5 Å². The zero-order valence-corrected chi connectivity index (χ0v) is 17.4. The van der Waals surface area contributed by atoms with Crippen LogP contribution in [-0.2, 0) is 16.1 Å². The molecule has 6 heteroatoms. The van der Waals surface area contributed by atoms with Crippen molar-refractivity contribution in [1.82, 2.24) is 14.9 Å². The molecule has 31 heavy (non-hydrogen) atoms. The molecule has 1 aliphatic rings. The van der Waals surface area contributed by atoms with E-state index in [2.05, 4.69) is 10.1 Å². The number of hydrazone groups is 1. The lowest BCUT2D eigenvalue weighted by molar-refractivity contribution is -0.132. The van der Waals surface area contributed by atoms with Crippen molar-refractivity contribution in [3.05, 3.63) is 102 Å². The summed E-state index contributed by atoms with van der Waals surface area (Å²) in [7, 11) is 1.76. The molecule has 0 spiro atoms. The van der Waals surface area contributed by atoms with Crippen molar-refractivity contribution < 1.29 is 9.59 Å². The van der Waals surface area contributed by atoms with Crippen molar-refractivity contribution in [2.45, 2.75) is 25.4 Å². The molecule has 0 radical (unpaired) electrons. The molecule has 1 atom stereocenters. The smallest absolute Gasteiger partial charge is 0.270 e. The highest BCUT2D eigenvalue weighted by molar-refractivity contribution is 6.39. The fraction of sp³-hybridized carbons (Fsp3) is 0.200. The zero-order valence-electron chi connectivity index (χ0n) is 17.4. The summed E-state index contributed by atoms with van der Waals surface area (Å²) in [5.41, 5.74) is 3.09. The second-order valence-corrected chi connectivity index (χ2v) is 7.47. The maximum Gasteiger partial charge on any atom is 0.270 e. The molecule has 0 N–H and O–H groups in total. The van der Waals surface area contributed by atoms with Crippen molar-refractivity contribution in [1.29, 1.82) is 0 Å². The molecule has 0 bridgehead atoms. The highest BCUT2D eigenvalue weighted by Gasteiger charge is 2.31. The maximum absolute atomic E-state index is 13.4. The first kappa shape index (κ1) is 20.5. The summed E-state index contributed by atoms with van der Waals surface area (Å²) in [5.74, 6) is -0.280. The van der Waals surface area contributed by atoms with Gasteiger partial charge in [0, 0.05) is 26.1 Å². The van der Waals surface area contributed by atoms with Gasteiger partial charge in [-0.2, -0.15) is 5.10 Å². The molecule has 0 fully saturated rings. The monoisotopic (exact) mass is 412 g/mol. The molecule has 2 aromatic carbocycles. The van der Waals surface area contributed by atoms with Gasteiger partial charge in [-0.1, -0.05) is 66.7 Å². The number of hydrogen-bond acceptors (Lipinski definition) is 4. The molecule has 0 aliphatic carbocycles. The molecule has 0 saturated heterocycles. The van der Waals surface area contributed by atoms with E-state index in [0.29, 0.717) is 18.7 Å². The first-order valence-corrected chi connectivity index (χ1v) is 10.3. The van der Waals surface area contributed by atoms with Gasteiger partial charge < -0.3 is 4.90 Å². The zero-order chi connectivity index (χ0) is 21.6. The van der Waals surface area contributed by atoms with Crippen LogP contribution in [0.25, 0.3) is 0 Å². The third-order valence-electron chi connectivity index (χ3n) is 5.32. The minimum Gasteiger partial charge on any atom is -0.328 e. The Morgan fingerprint density at radius 3 is 2.32 bits per heavy atom. The number of nitrogens with zero attached hydrogens (tertiary/aromatic N) is 4. The Morgan fingerprint density at radius 1 is 0.968 bits per heavy atom. The molecule has 6 nitrogen and oxygen atoms in total. The predicted molar refractivity (Wildman–Crippen MR) is 119 cm³/mol. The first-order chi connectivity index (χ1) is 15.1. The molecule has 4 rings (SSSR count). The molecule has 1 aromatic heterocycles. The van der Waals surface area contributed by atoms with Crippen molar-refractivity contribution in [2.75, 3.05) is 7.05 Å². The molecule has 0 saturated carbocycles. The van der Waals surface area contributed by atoms with Crippen molar-refractivity contribution in [3.8, 4) is 0 Å². The maximum atomic E-state index is 13.4. The summed E-state index contributed by atoms with van der Waals surface area (Å²) in [6.07, 6.45) is 2.32. The van der Waals surface area contributed by atoms with Crippen LogP contribution >= 0.6 is 0 Å². The lowest BCUT2D eigenvalue weighted by atomic mass is 10.0. The average Bonchev–Trinajstić information content (AvgIpc) is 2.82. The Kier molecular flexibility index (Phi) is 6.17. The molecule has 2 heterocycles. The van der Waals surface area contributed by atoms with Crippen LogP contribution in [0, 0.1) is 0 Å². The number of carbonyl (C=O) groups excluding carboxylic acids is 2. The van der Waals surface area contributed by atoms with Crippen LogP contribution in [-0.4, -0.2) is 39.5 Å². The summed E-state index contributed by atoms with van der Waals surface area (Å²) >= 11 is 0.